The smallest absolute Gasteiger partial charge is 0.350 e. The molecule has 0 radical (unpaired) electrons. The molecule has 0 spiro atoms. The maximum Gasteiger partial charge on any atom is 0.350 e. The fourth-order valence-corrected chi connectivity index (χ4v) is 2.74. The monoisotopic (exact) mass is 342 g/mol. The minimum absolute atomic E-state index is 0.243. The first-order chi connectivity index (χ1) is 8.79. The summed E-state index contributed by atoms with van der Waals surface area (Å²) in [7, 11) is -3.22. The molecule has 0 bridgehead atoms. The highest BCUT2D eigenvalue weighted by molar-refractivity contribution is 9.10. The number of halogens is 1. The normalized spacial score (nSPS) is 11.5. The highest BCUT2D eigenvalue weighted by atomic mass is 79.9. The predicted octanol–water partition coefficient (Wildman–Crippen LogP) is 2.78. The topological polar surface area (TPSA) is 64.3 Å². The van der Waals surface area contributed by atoms with Crippen LogP contribution in [0.4, 0.5) is 0 Å². The minimum Gasteiger partial charge on any atom is -0.427 e. The lowest BCUT2D eigenvalue weighted by Crippen LogP contribution is -2.03. The Labute approximate surface area is 119 Å². The van der Waals surface area contributed by atoms with E-state index in [0.29, 0.717) is 15.8 Å². The molecule has 0 aliphatic carbocycles. The first-order valence-corrected chi connectivity index (χ1v) is 8.08. The van der Waals surface area contributed by atoms with Gasteiger partial charge in [-0.15, -0.1) is 0 Å². The molecule has 4 nitrogen and oxygen atoms in total. The Bertz CT molecular complexity index is 773. The number of hydrogen-bond donors (Lipinski definition) is 0. The van der Waals surface area contributed by atoms with E-state index in [0.717, 1.165) is 11.8 Å². The first-order valence-electron chi connectivity index (χ1n) is 5.40. The Morgan fingerprint density at radius 1 is 1.16 bits per heavy atom. The zero-order valence-electron chi connectivity index (χ0n) is 10.3. The lowest BCUT2D eigenvalue weighted by Gasteiger charge is -2.05. The van der Waals surface area contributed by atoms with E-state index in [1.54, 1.807) is 25.1 Å². The third-order valence-corrected chi connectivity index (χ3v) is 4.49. The van der Waals surface area contributed by atoms with Gasteiger partial charge in [0, 0.05) is 11.8 Å². The Kier molecular flexibility index (Phi) is 3.64. The quantitative estimate of drug-likeness (QED) is 0.841. The van der Waals surface area contributed by atoms with Gasteiger partial charge in [-0.3, -0.25) is 0 Å². The minimum atomic E-state index is -3.22. The van der Waals surface area contributed by atoms with Crippen molar-refractivity contribution in [2.45, 2.75) is 11.8 Å². The summed E-state index contributed by atoms with van der Waals surface area (Å²) in [4.78, 5) is 11.8. The van der Waals surface area contributed by atoms with Crippen molar-refractivity contribution in [3.63, 3.8) is 0 Å². The van der Waals surface area contributed by atoms with E-state index in [-0.39, 0.29) is 4.90 Å². The van der Waals surface area contributed by atoms with Crippen LogP contribution in [0.25, 0.3) is 11.1 Å². The maximum atomic E-state index is 11.6. The molecule has 2 aromatic rings. The average molecular weight is 343 g/mol. The summed E-state index contributed by atoms with van der Waals surface area (Å²) < 4.78 is 28.0. The van der Waals surface area contributed by atoms with Crippen molar-refractivity contribution in [3.8, 4) is 11.1 Å². The van der Waals surface area contributed by atoms with Gasteiger partial charge in [0.05, 0.1) is 4.90 Å². The maximum absolute atomic E-state index is 11.6. The summed E-state index contributed by atoms with van der Waals surface area (Å²) in [6.45, 7) is 1.68. The fraction of sp³-hybridized carbons (Fsp3) is 0.154. The molecule has 0 fully saturated rings. The van der Waals surface area contributed by atoms with Crippen LogP contribution >= 0.6 is 15.9 Å². The zero-order chi connectivity index (χ0) is 14.2. The molecular weight excluding hydrogens is 332 g/mol. The molecule has 1 heterocycles. The van der Waals surface area contributed by atoms with Gasteiger partial charge in [-0.05, 0) is 46.6 Å². The predicted molar refractivity (Wildman–Crippen MR) is 76.0 cm³/mol. The van der Waals surface area contributed by atoms with Gasteiger partial charge in [-0.2, -0.15) is 0 Å². The molecule has 0 saturated carbocycles. The van der Waals surface area contributed by atoms with Crippen molar-refractivity contribution in [2.75, 3.05) is 6.26 Å². The van der Waals surface area contributed by atoms with Crippen LogP contribution in [0.15, 0.2) is 48.9 Å². The van der Waals surface area contributed by atoms with E-state index in [2.05, 4.69) is 15.9 Å². The summed E-state index contributed by atoms with van der Waals surface area (Å²) in [5.74, 6) is 0.496. The second-order valence-electron chi connectivity index (χ2n) is 4.17. The molecule has 6 heteroatoms. The van der Waals surface area contributed by atoms with Crippen LogP contribution < -0.4 is 5.63 Å². The standard InChI is InChI=1S/C13H11BrO4S/c1-8-7-11(12(14)13(15)18-8)9-3-5-10(6-4-9)19(2,16)17/h3-7H,1-2H3. The van der Waals surface area contributed by atoms with Gasteiger partial charge in [0.1, 0.15) is 10.2 Å². The summed E-state index contributed by atoms with van der Waals surface area (Å²) in [6.07, 6.45) is 1.15. The van der Waals surface area contributed by atoms with Crippen LogP contribution in [0.2, 0.25) is 0 Å². The van der Waals surface area contributed by atoms with E-state index < -0.39 is 15.5 Å². The fourth-order valence-electron chi connectivity index (χ4n) is 1.69. The second kappa shape index (κ2) is 4.94. The average Bonchev–Trinajstić information content (AvgIpc) is 2.33. The van der Waals surface area contributed by atoms with Gasteiger partial charge in [-0.25, -0.2) is 13.2 Å². The Morgan fingerprint density at radius 3 is 2.26 bits per heavy atom. The highest BCUT2D eigenvalue weighted by Gasteiger charge is 2.11. The lowest BCUT2D eigenvalue weighted by atomic mass is 10.1. The molecule has 0 saturated heterocycles. The molecule has 1 aromatic heterocycles. The van der Waals surface area contributed by atoms with E-state index >= 15 is 0 Å². The van der Waals surface area contributed by atoms with Crippen molar-refractivity contribution in [2.24, 2.45) is 0 Å². The van der Waals surface area contributed by atoms with Crippen molar-refractivity contribution in [1.82, 2.24) is 0 Å². The number of hydrogen-bond acceptors (Lipinski definition) is 4. The second-order valence-corrected chi connectivity index (χ2v) is 6.98. The van der Waals surface area contributed by atoms with Gasteiger partial charge < -0.3 is 4.42 Å². The van der Waals surface area contributed by atoms with Crippen molar-refractivity contribution < 1.29 is 12.8 Å². The van der Waals surface area contributed by atoms with Crippen LogP contribution in [0.1, 0.15) is 5.76 Å². The molecule has 0 atom stereocenters. The summed E-state index contributed by atoms with van der Waals surface area (Å²) in [5.41, 5.74) is 0.964. The van der Waals surface area contributed by atoms with E-state index in [1.807, 2.05) is 0 Å². The Balaban J connectivity index is 2.58. The third-order valence-electron chi connectivity index (χ3n) is 2.61. The van der Waals surface area contributed by atoms with Gasteiger partial charge in [0.15, 0.2) is 9.84 Å². The van der Waals surface area contributed by atoms with Crippen LogP contribution in [0.5, 0.6) is 0 Å². The van der Waals surface area contributed by atoms with Crippen molar-refractivity contribution in [3.05, 3.63) is 51.0 Å². The van der Waals surface area contributed by atoms with Crippen LogP contribution in [0.3, 0.4) is 0 Å². The Hall–Kier alpha value is -1.40. The molecule has 2 rings (SSSR count). The van der Waals surface area contributed by atoms with E-state index in [9.17, 15) is 13.2 Å². The number of rotatable bonds is 2. The molecule has 19 heavy (non-hydrogen) atoms. The summed E-state index contributed by atoms with van der Waals surface area (Å²) >= 11 is 3.18. The van der Waals surface area contributed by atoms with E-state index in [1.165, 1.54) is 12.1 Å². The molecule has 0 aliphatic rings. The molecule has 1 aromatic carbocycles. The van der Waals surface area contributed by atoms with Crippen LogP contribution in [-0.2, 0) is 9.84 Å². The Morgan fingerprint density at radius 2 is 1.74 bits per heavy atom. The summed E-state index contributed by atoms with van der Waals surface area (Å²) in [6, 6.07) is 8.08. The lowest BCUT2D eigenvalue weighted by molar-refractivity contribution is 0.477. The van der Waals surface area contributed by atoms with Gasteiger partial charge >= 0.3 is 5.63 Å². The third kappa shape index (κ3) is 2.96. The van der Waals surface area contributed by atoms with E-state index in [4.69, 9.17) is 4.42 Å². The zero-order valence-corrected chi connectivity index (χ0v) is 12.7. The van der Waals surface area contributed by atoms with Crippen LogP contribution in [0, 0.1) is 6.92 Å². The molecular formula is C13H11BrO4S. The van der Waals surface area contributed by atoms with Crippen molar-refractivity contribution in [1.29, 1.82) is 0 Å². The number of aryl methyl sites for hydroxylation is 1. The first kappa shape index (κ1) is 14.0. The largest absolute Gasteiger partial charge is 0.427 e. The molecule has 0 N–H and O–H groups in total. The highest BCUT2D eigenvalue weighted by Crippen LogP contribution is 2.27. The number of benzene rings is 1. The number of sulfone groups is 1. The molecule has 100 valence electrons. The van der Waals surface area contributed by atoms with Gasteiger partial charge in [-0.1, -0.05) is 12.1 Å². The van der Waals surface area contributed by atoms with Crippen LogP contribution in [-0.4, -0.2) is 14.7 Å². The summed E-state index contributed by atoms with van der Waals surface area (Å²) in [5, 5.41) is 0. The SMILES string of the molecule is Cc1cc(-c2ccc(S(C)(=O)=O)cc2)c(Br)c(=O)o1. The molecule has 0 aliphatic heterocycles. The van der Waals surface area contributed by atoms with Gasteiger partial charge in [0.2, 0.25) is 0 Å². The molecule has 0 unspecified atom stereocenters. The molecule has 0 amide bonds. The van der Waals surface area contributed by atoms with Crippen molar-refractivity contribution >= 4 is 25.8 Å². The van der Waals surface area contributed by atoms with Gasteiger partial charge in [0.25, 0.3) is 0 Å².